The molecule has 0 bridgehead atoms. The summed E-state index contributed by atoms with van der Waals surface area (Å²) in [6.45, 7) is 2.63. The van der Waals surface area contributed by atoms with Gasteiger partial charge < -0.3 is 5.32 Å². The standard InChI is InChI=1S/C11H15ClF3N3/c1-2-3-4-5-6-16-10-17-8(11(13,14)15)7-9(12)18-10/h7H,2-6H2,1H3,(H,16,17,18). The lowest BCUT2D eigenvalue weighted by Crippen LogP contribution is -2.12. The Morgan fingerprint density at radius 1 is 1.22 bits per heavy atom. The van der Waals surface area contributed by atoms with Crippen molar-refractivity contribution in [3.8, 4) is 0 Å². The lowest BCUT2D eigenvalue weighted by Gasteiger charge is -2.09. The third-order valence-electron chi connectivity index (χ3n) is 2.30. The minimum Gasteiger partial charge on any atom is -0.354 e. The van der Waals surface area contributed by atoms with Gasteiger partial charge in [-0.15, -0.1) is 0 Å². The molecule has 0 aliphatic rings. The first kappa shape index (κ1) is 15.0. The van der Waals surface area contributed by atoms with Crippen LogP contribution in [0.2, 0.25) is 5.15 Å². The van der Waals surface area contributed by atoms with Crippen LogP contribution in [0.25, 0.3) is 0 Å². The lowest BCUT2D eigenvalue weighted by molar-refractivity contribution is -0.141. The van der Waals surface area contributed by atoms with Crippen molar-refractivity contribution in [3.63, 3.8) is 0 Å². The Balaban J connectivity index is 2.58. The highest BCUT2D eigenvalue weighted by molar-refractivity contribution is 6.29. The molecule has 0 amide bonds. The largest absolute Gasteiger partial charge is 0.433 e. The molecule has 0 atom stereocenters. The number of hydrogen-bond donors (Lipinski definition) is 1. The van der Waals surface area contributed by atoms with Gasteiger partial charge in [-0.05, 0) is 6.42 Å². The second-order valence-corrected chi connectivity index (χ2v) is 4.27. The van der Waals surface area contributed by atoms with Crippen LogP contribution in [0.4, 0.5) is 19.1 Å². The SMILES string of the molecule is CCCCCCNc1nc(Cl)cc(C(F)(F)F)n1. The van der Waals surface area contributed by atoms with Crippen LogP contribution in [-0.2, 0) is 6.18 Å². The summed E-state index contributed by atoms with van der Waals surface area (Å²) in [5.74, 6) is -0.0775. The number of aromatic nitrogens is 2. The fourth-order valence-electron chi connectivity index (χ4n) is 1.39. The summed E-state index contributed by atoms with van der Waals surface area (Å²) >= 11 is 5.53. The van der Waals surface area contributed by atoms with Crippen molar-refractivity contribution in [1.82, 2.24) is 9.97 Å². The third kappa shape index (κ3) is 5.08. The molecule has 7 heteroatoms. The molecule has 1 aromatic heterocycles. The topological polar surface area (TPSA) is 37.8 Å². The van der Waals surface area contributed by atoms with E-state index in [4.69, 9.17) is 11.6 Å². The summed E-state index contributed by atoms with van der Waals surface area (Å²) in [4.78, 5) is 7.10. The number of alkyl halides is 3. The van der Waals surface area contributed by atoms with Gasteiger partial charge in [-0.2, -0.15) is 13.2 Å². The number of rotatable bonds is 6. The summed E-state index contributed by atoms with van der Waals surface area (Å²) in [6, 6.07) is 0.712. The van der Waals surface area contributed by atoms with Crippen LogP contribution in [0, 0.1) is 0 Å². The predicted molar refractivity (Wildman–Crippen MR) is 64.7 cm³/mol. The van der Waals surface area contributed by atoms with Crippen LogP contribution in [0.15, 0.2) is 6.07 Å². The molecule has 1 aromatic rings. The molecule has 3 nitrogen and oxygen atoms in total. The van der Waals surface area contributed by atoms with Crippen LogP contribution >= 0.6 is 11.6 Å². The molecule has 102 valence electrons. The van der Waals surface area contributed by atoms with Gasteiger partial charge in [-0.25, -0.2) is 9.97 Å². The molecule has 0 spiro atoms. The Hall–Kier alpha value is -1.04. The quantitative estimate of drug-likeness (QED) is 0.629. The highest BCUT2D eigenvalue weighted by Gasteiger charge is 2.33. The fourth-order valence-corrected chi connectivity index (χ4v) is 1.58. The van der Waals surface area contributed by atoms with Gasteiger partial charge >= 0.3 is 6.18 Å². The Bertz CT molecular complexity index is 382. The Labute approximate surface area is 109 Å². The van der Waals surface area contributed by atoms with Crippen molar-refractivity contribution in [1.29, 1.82) is 0 Å². The molecule has 0 fully saturated rings. The molecule has 1 rings (SSSR count). The van der Waals surface area contributed by atoms with Gasteiger partial charge in [0.1, 0.15) is 5.15 Å². The monoisotopic (exact) mass is 281 g/mol. The minimum atomic E-state index is -4.51. The van der Waals surface area contributed by atoms with E-state index in [1.807, 2.05) is 0 Å². The third-order valence-corrected chi connectivity index (χ3v) is 2.49. The molecule has 0 aromatic carbocycles. The molecular weight excluding hydrogens is 267 g/mol. The Morgan fingerprint density at radius 3 is 2.56 bits per heavy atom. The summed E-state index contributed by atoms with van der Waals surface area (Å²) in [5.41, 5.74) is -1.03. The second-order valence-electron chi connectivity index (χ2n) is 3.88. The van der Waals surface area contributed by atoms with Gasteiger partial charge in [0, 0.05) is 12.6 Å². The molecule has 0 aliphatic heterocycles. The first-order valence-electron chi connectivity index (χ1n) is 5.79. The fraction of sp³-hybridized carbons (Fsp3) is 0.636. The Morgan fingerprint density at radius 2 is 1.94 bits per heavy atom. The van der Waals surface area contributed by atoms with Gasteiger partial charge in [0.2, 0.25) is 5.95 Å². The van der Waals surface area contributed by atoms with Crippen LogP contribution in [0.5, 0.6) is 0 Å². The van der Waals surface area contributed by atoms with Crippen LogP contribution in [0.3, 0.4) is 0 Å². The zero-order chi connectivity index (χ0) is 13.6. The maximum atomic E-state index is 12.5. The molecule has 0 saturated carbocycles. The van der Waals surface area contributed by atoms with Crippen molar-refractivity contribution in [2.24, 2.45) is 0 Å². The van der Waals surface area contributed by atoms with Gasteiger partial charge in [-0.3, -0.25) is 0 Å². The molecule has 1 N–H and O–H groups in total. The highest BCUT2D eigenvalue weighted by Crippen LogP contribution is 2.29. The van der Waals surface area contributed by atoms with E-state index in [0.717, 1.165) is 25.7 Å². The van der Waals surface area contributed by atoms with E-state index >= 15 is 0 Å². The van der Waals surface area contributed by atoms with E-state index in [-0.39, 0.29) is 11.1 Å². The first-order chi connectivity index (χ1) is 8.43. The second kappa shape index (κ2) is 6.78. The predicted octanol–water partition coefficient (Wildman–Crippen LogP) is 4.14. The van der Waals surface area contributed by atoms with Crippen LogP contribution in [-0.4, -0.2) is 16.5 Å². The minimum absolute atomic E-state index is 0.0775. The van der Waals surface area contributed by atoms with Gasteiger partial charge in [0.05, 0.1) is 0 Å². The molecule has 1 heterocycles. The molecule has 0 saturated heterocycles. The summed E-state index contributed by atoms with van der Waals surface area (Å²) in [5, 5.41) is 2.54. The smallest absolute Gasteiger partial charge is 0.354 e. The average Bonchev–Trinajstić information content (AvgIpc) is 2.27. The van der Waals surface area contributed by atoms with Crippen molar-refractivity contribution >= 4 is 17.5 Å². The van der Waals surface area contributed by atoms with E-state index < -0.39 is 11.9 Å². The maximum Gasteiger partial charge on any atom is 0.433 e. The summed E-state index contributed by atoms with van der Waals surface area (Å²) in [7, 11) is 0. The number of anilines is 1. The molecule has 0 radical (unpaired) electrons. The summed E-state index contributed by atoms with van der Waals surface area (Å²) < 4.78 is 37.4. The van der Waals surface area contributed by atoms with E-state index in [2.05, 4.69) is 22.2 Å². The molecule has 0 aliphatic carbocycles. The van der Waals surface area contributed by atoms with Crippen LogP contribution < -0.4 is 5.32 Å². The first-order valence-corrected chi connectivity index (χ1v) is 6.17. The van der Waals surface area contributed by atoms with Crippen molar-refractivity contribution < 1.29 is 13.2 Å². The lowest BCUT2D eigenvalue weighted by atomic mass is 10.2. The van der Waals surface area contributed by atoms with Gasteiger partial charge in [0.25, 0.3) is 0 Å². The van der Waals surface area contributed by atoms with E-state index in [1.165, 1.54) is 0 Å². The van der Waals surface area contributed by atoms with Crippen molar-refractivity contribution in [3.05, 3.63) is 16.9 Å². The van der Waals surface area contributed by atoms with E-state index in [9.17, 15) is 13.2 Å². The van der Waals surface area contributed by atoms with Crippen molar-refractivity contribution in [2.75, 3.05) is 11.9 Å². The summed E-state index contributed by atoms with van der Waals surface area (Å²) in [6.07, 6.45) is -0.412. The van der Waals surface area contributed by atoms with Gasteiger partial charge in [0.15, 0.2) is 5.69 Å². The molecular formula is C11H15ClF3N3. The number of halogens is 4. The highest BCUT2D eigenvalue weighted by atomic mass is 35.5. The zero-order valence-electron chi connectivity index (χ0n) is 10.0. The number of nitrogens with one attached hydrogen (secondary N) is 1. The number of hydrogen-bond acceptors (Lipinski definition) is 3. The zero-order valence-corrected chi connectivity index (χ0v) is 10.8. The maximum absolute atomic E-state index is 12.5. The van der Waals surface area contributed by atoms with Crippen molar-refractivity contribution in [2.45, 2.75) is 38.8 Å². The van der Waals surface area contributed by atoms with Gasteiger partial charge in [-0.1, -0.05) is 37.8 Å². The van der Waals surface area contributed by atoms with E-state index in [1.54, 1.807) is 0 Å². The van der Waals surface area contributed by atoms with E-state index in [0.29, 0.717) is 12.6 Å². The number of unbranched alkanes of at least 4 members (excludes halogenated alkanes) is 3. The Kier molecular flexibility index (Phi) is 5.65. The number of nitrogens with zero attached hydrogens (tertiary/aromatic N) is 2. The molecule has 18 heavy (non-hydrogen) atoms. The molecule has 0 unspecified atom stereocenters. The van der Waals surface area contributed by atoms with Crippen LogP contribution in [0.1, 0.15) is 38.3 Å². The normalized spacial score (nSPS) is 11.6. The average molecular weight is 282 g/mol.